The minimum absolute atomic E-state index is 0. The fourth-order valence-corrected chi connectivity index (χ4v) is 10.1. The smallest absolute Gasteiger partial charge is 0.547 e. The molecule has 0 unspecified atom stereocenters. The van der Waals surface area contributed by atoms with Gasteiger partial charge < -0.3 is 135 Å². The molecule has 0 aliphatic carbocycles. The Labute approximate surface area is 478 Å². The Balaban J connectivity index is 0.00000184. The number of hydrogen-bond donors (Lipinski definition) is 15. The third-order valence-corrected chi connectivity index (χ3v) is 15.2. The summed E-state index contributed by atoms with van der Waals surface area (Å²) in [5, 5.41) is 165. The summed E-state index contributed by atoms with van der Waals surface area (Å²) < 4.78 is 37.5. The predicted molar refractivity (Wildman–Crippen MR) is 272 cm³/mol. The van der Waals surface area contributed by atoms with Crippen LogP contribution in [0.15, 0.2) is 0 Å². The molecule has 0 bridgehead atoms. The second-order valence-electron chi connectivity index (χ2n) is 22.2. The molecule has 0 spiro atoms. The third-order valence-electron chi connectivity index (χ3n) is 15.2. The summed E-state index contributed by atoms with van der Waals surface area (Å²) >= 11 is 0. The molecule has 3 saturated heterocycles. The number of methoxy groups -OCH3 is 1. The first-order valence-corrected chi connectivity index (χ1v) is 26.1. The molecule has 0 aromatic heterocycles. The second-order valence-corrected chi connectivity index (χ2v) is 22.2. The number of nitrogens with zero attached hydrogens (tertiary/aromatic N) is 2. The Bertz CT molecular complexity index is 1760. The van der Waals surface area contributed by atoms with E-state index in [-0.39, 0.29) is 60.4 Å². The molecule has 3 fully saturated rings. The van der Waals surface area contributed by atoms with Gasteiger partial charge in [0.2, 0.25) is 0 Å². The summed E-state index contributed by atoms with van der Waals surface area (Å²) in [4.78, 5) is 38.0. The average molecular weight is 1160 g/mol. The van der Waals surface area contributed by atoms with Crippen molar-refractivity contribution in [1.82, 2.24) is 9.80 Å². The number of carbonyl (C=O) groups is 3. The number of ether oxygens (including phenoxy) is 6. The van der Waals surface area contributed by atoms with Crippen molar-refractivity contribution < 1.29 is 130 Å². The van der Waals surface area contributed by atoms with Gasteiger partial charge in [-0.25, -0.2) is 0 Å². The zero-order valence-corrected chi connectivity index (χ0v) is 49.4. The minimum atomic E-state index is -2.31. The number of aliphatic carboxylic acids is 2. The zero-order chi connectivity index (χ0) is 60.9. The molecule has 79 heavy (non-hydrogen) atoms. The number of likely N-dealkylation sites (N-methyl/N-ethyl adjacent to an activating group) is 2. The van der Waals surface area contributed by atoms with Gasteiger partial charge in [-0.05, 0) is 94.8 Å². The zero-order valence-electron chi connectivity index (χ0n) is 48.0. The standard InChI is InChI=1S/C38H72N2O12.2C6H12O7.Mg/c1-15-27-38(10,46)31(42)24(6)40(13)19-20(2)17-36(8,45)33(52-35-29(41)26(39(11)12)16-21(3)48-35)22(4)30(23(5)34(44)50-27)51-28-18-37(9,47-14)32(43)25(7)49-28;2*7-1-2(8)3(9)4(10)5(11)6(12)13;/h20-33,35,41-43,45-46H,15-19H2,1-14H3;2*2-5,7-11H,1H2,(H,12,13);/q;;;+2/p-2/t20-,21-,22+,23-,24-,25+,26+,27-,28+,29-,30+,31-,32+,33-,35+,36-,37-,38-;2*2-,3-,4+,5-;/m111./s1. The van der Waals surface area contributed by atoms with Crippen LogP contribution in [0, 0.1) is 17.8 Å². The molecule has 0 aromatic carbocycles. The minimum Gasteiger partial charge on any atom is -0.547 e. The van der Waals surface area contributed by atoms with Crippen LogP contribution in [0.2, 0.25) is 0 Å². The average Bonchev–Trinajstić information content (AvgIpc) is 3.37. The summed E-state index contributed by atoms with van der Waals surface area (Å²) in [6.45, 7) is 16.3. The fraction of sp³-hybridized carbons (Fsp3) is 0.940. The van der Waals surface area contributed by atoms with Crippen molar-refractivity contribution in [2.45, 2.75) is 234 Å². The summed E-state index contributed by atoms with van der Waals surface area (Å²) in [7, 11) is 7.12. The van der Waals surface area contributed by atoms with Crippen LogP contribution in [-0.4, -0.2) is 315 Å². The largest absolute Gasteiger partial charge is 2.00 e. The normalized spacial score (nSPS) is 39.4. The van der Waals surface area contributed by atoms with Crippen LogP contribution in [-0.2, 0) is 42.8 Å². The number of cyclic esters (lactones) is 1. The van der Waals surface area contributed by atoms with E-state index >= 15 is 0 Å². The van der Waals surface area contributed by atoms with Crippen LogP contribution in [0.1, 0.15) is 94.9 Å². The van der Waals surface area contributed by atoms with Gasteiger partial charge in [0.05, 0.1) is 66.7 Å². The maximum Gasteiger partial charge on any atom is 2.00 e. The number of carboxylic acids is 2. The van der Waals surface area contributed by atoms with E-state index in [0.29, 0.717) is 13.0 Å². The van der Waals surface area contributed by atoms with Gasteiger partial charge in [-0.2, -0.15) is 0 Å². The molecule has 3 aliphatic heterocycles. The number of aliphatic hydroxyl groups is 15. The van der Waals surface area contributed by atoms with Crippen molar-refractivity contribution in [3.8, 4) is 0 Å². The predicted octanol–water partition coefficient (Wildman–Crippen LogP) is -8.14. The van der Waals surface area contributed by atoms with E-state index in [1.54, 1.807) is 41.5 Å². The Morgan fingerprint density at radius 2 is 1.27 bits per heavy atom. The van der Waals surface area contributed by atoms with Gasteiger partial charge in [-0.15, -0.1) is 0 Å². The molecule has 29 heteroatoms. The van der Waals surface area contributed by atoms with Crippen molar-refractivity contribution in [1.29, 1.82) is 0 Å². The molecule has 0 radical (unpaired) electrons. The van der Waals surface area contributed by atoms with Crippen LogP contribution in [0.4, 0.5) is 0 Å². The monoisotopic (exact) mass is 1160 g/mol. The van der Waals surface area contributed by atoms with Crippen molar-refractivity contribution >= 4 is 41.0 Å². The Kier molecular flexibility index (Phi) is 33.0. The van der Waals surface area contributed by atoms with Gasteiger partial charge in [0.15, 0.2) is 12.6 Å². The van der Waals surface area contributed by atoms with Gasteiger partial charge in [0.25, 0.3) is 0 Å². The quantitative estimate of drug-likeness (QED) is 0.0475. The maximum absolute atomic E-state index is 14.2. The third kappa shape index (κ3) is 21.1. The Morgan fingerprint density at radius 1 is 0.785 bits per heavy atom. The Morgan fingerprint density at radius 3 is 1.68 bits per heavy atom. The molecule has 28 nitrogen and oxygen atoms in total. The number of hydrogen-bond acceptors (Lipinski definition) is 28. The molecule has 0 amide bonds. The number of aliphatic hydroxyl groups excluding tert-OH is 13. The van der Waals surface area contributed by atoms with Gasteiger partial charge in [-0.1, -0.05) is 20.8 Å². The first-order valence-electron chi connectivity index (χ1n) is 26.1. The van der Waals surface area contributed by atoms with Crippen LogP contribution in [0.5, 0.6) is 0 Å². The van der Waals surface area contributed by atoms with E-state index in [1.165, 1.54) is 14.0 Å². The summed E-state index contributed by atoms with van der Waals surface area (Å²) in [6, 6.07) is -0.808. The van der Waals surface area contributed by atoms with E-state index in [4.69, 9.17) is 79.5 Å². The summed E-state index contributed by atoms with van der Waals surface area (Å²) in [5.74, 6) is -6.53. The van der Waals surface area contributed by atoms with Gasteiger partial charge >= 0.3 is 29.0 Å². The summed E-state index contributed by atoms with van der Waals surface area (Å²) in [6.07, 6.45) is -24.3. The van der Waals surface area contributed by atoms with E-state index in [2.05, 4.69) is 0 Å². The number of esters is 1. The molecule has 0 aromatic rings. The summed E-state index contributed by atoms with van der Waals surface area (Å²) in [5.41, 5.74) is -4.37. The molecule has 3 rings (SSSR count). The molecule has 0 saturated carbocycles. The van der Waals surface area contributed by atoms with Crippen molar-refractivity contribution in [2.24, 2.45) is 17.8 Å². The van der Waals surface area contributed by atoms with E-state index < -0.39 is 170 Å². The Hall–Kier alpha value is -1.70. The van der Waals surface area contributed by atoms with E-state index in [1.807, 2.05) is 51.7 Å². The molecule has 26 atom stereocenters. The van der Waals surface area contributed by atoms with Gasteiger partial charge in [-0.3, -0.25) is 4.79 Å². The van der Waals surface area contributed by atoms with Crippen molar-refractivity contribution in [3.63, 3.8) is 0 Å². The van der Waals surface area contributed by atoms with Crippen molar-refractivity contribution in [2.75, 3.05) is 48.0 Å². The van der Waals surface area contributed by atoms with Crippen molar-refractivity contribution in [3.05, 3.63) is 0 Å². The topological polar surface area (TPSA) is 463 Å². The molecule has 15 N–H and O–H groups in total. The number of carboxylic acid groups (broad SMARTS) is 2. The van der Waals surface area contributed by atoms with Crippen LogP contribution >= 0.6 is 0 Å². The molecular weight excluding hydrogens is 1070 g/mol. The fourth-order valence-electron chi connectivity index (χ4n) is 10.1. The first kappa shape index (κ1) is 77.3. The first-order chi connectivity index (χ1) is 35.7. The van der Waals surface area contributed by atoms with Crippen LogP contribution in [0.25, 0.3) is 0 Å². The van der Waals surface area contributed by atoms with Gasteiger partial charge in [0, 0.05) is 38.1 Å². The van der Waals surface area contributed by atoms with E-state index in [9.17, 15) is 50.1 Å². The van der Waals surface area contributed by atoms with Crippen LogP contribution in [0.3, 0.4) is 0 Å². The van der Waals surface area contributed by atoms with Crippen LogP contribution < -0.4 is 10.2 Å². The van der Waals surface area contributed by atoms with Gasteiger partial charge in [0.1, 0.15) is 78.8 Å². The maximum atomic E-state index is 14.2. The molecule has 3 aliphatic rings. The molecular formula is C50H94MgN2O26. The SMILES string of the molecule is CC[C@H]1OC(=O)[C@H](C)[C@@H](O[C@H]2C[C@@](C)(OC)[C@@H](O)[C@H](C)O2)[C@H](C)[C@@H](O[C@@H]2O[C@H](C)C[C@H](N(C)C)[C@H]2O)[C@](C)(O)C[C@@H](C)CN(C)[C@H](C)[C@@H](O)[C@]1(C)O.O=C([O-])[C@H](O)[C@@H](O)[C@H](O)[C@H](O)CO.O=C([O-])[C@H](O)[C@@H](O)[C@H](O)[C@H](O)CO.[Mg+2]. The second kappa shape index (κ2) is 33.7. The molecule has 462 valence electrons. The van der Waals surface area contributed by atoms with E-state index in [0.717, 1.165) is 0 Å². The number of rotatable bonds is 17. The molecule has 3 heterocycles. The number of carbonyl (C=O) groups excluding carboxylic acids is 3.